The number of benzene rings is 1. The number of carbonyl (C=O) groups excluding carboxylic acids is 1. The smallest absolute Gasteiger partial charge is 0.314 e. The molecule has 30 heavy (non-hydrogen) atoms. The lowest BCUT2D eigenvalue weighted by Crippen LogP contribution is -2.40. The second-order valence-corrected chi connectivity index (χ2v) is 9.85. The lowest BCUT2D eigenvalue weighted by Gasteiger charge is -2.45. The van der Waals surface area contributed by atoms with Crippen molar-refractivity contribution in [2.24, 2.45) is 35.5 Å². The number of nitriles is 1. The lowest BCUT2D eigenvalue weighted by atomic mass is 9.59. The third-order valence-electron chi connectivity index (χ3n) is 8.06. The van der Waals surface area contributed by atoms with E-state index >= 15 is 0 Å². The van der Waals surface area contributed by atoms with Crippen molar-refractivity contribution in [2.45, 2.75) is 71.1 Å². The number of hydrogen-bond donors (Lipinski definition) is 0. The summed E-state index contributed by atoms with van der Waals surface area (Å²) in [5.74, 6) is 0.657. The second kappa shape index (κ2) is 9.04. The van der Waals surface area contributed by atoms with Gasteiger partial charge in [0.15, 0.2) is 0 Å². The van der Waals surface area contributed by atoms with E-state index < -0.39 is 17.2 Å². The van der Waals surface area contributed by atoms with Crippen LogP contribution >= 0.6 is 0 Å². The Kier molecular flexibility index (Phi) is 6.41. The van der Waals surface area contributed by atoms with E-state index in [2.05, 4.69) is 6.92 Å². The molecule has 1 aromatic carbocycles. The maximum atomic E-state index is 13.9. The van der Waals surface area contributed by atoms with Crippen LogP contribution in [0.1, 0.15) is 76.7 Å². The van der Waals surface area contributed by atoms with Gasteiger partial charge in [-0.2, -0.15) is 5.26 Å². The van der Waals surface area contributed by atoms with Gasteiger partial charge >= 0.3 is 5.97 Å². The van der Waals surface area contributed by atoms with Crippen LogP contribution in [0.15, 0.2) is 12.1 Å². The first kappa shape index (κ1) is 21.3. The molecule has 3 aliphatic rings. The molecule has 0 N–H and O–H groups in total. The molecule has 0 spiro atoms. The molecule has 0 heterocycles. The molecule has 3 aliphatic carbocycles. The molecule has 3 fully saturated rings. The molecule has 0 radical (unpaired) electrons. The van der Waals surface area contributed by atoms with Gasteiger partial charge in [-0.25, -0.2) is 8.78 Å². The summed E-state index contributed by atoms with van der Waals surface area (Å²) in [6.45, 7) is 2.36. The van der Waals surface area contributed by atoms with Crippen LogP contribution in [0, 0.1) is 58.5 Å². The fraction of sp³-hybridized carbons (Fsp3) is 0.680. The SMILES string of the molecule is CC1CCC(C2CCC3C(CCCC3C(=O)Oc3cc(F)c(C#N)c(F)c3)C2)CC1. The van der Waals surface area contributed by atoms with Crippen molar-refractivity contribution < 1.29 is 18.3 Å². The van der Waals surface area contributed by atoms with Crippen LogP contribution in [0.3, 0.4) is 0 Å². The zero-order chi connectivity index (χ0) is 21.3. The summed E-state index contributed by atoms with van der Waals surface area (Å²) < 4.78 is 33.1. The molecule has 4 atom stereocenters. The van der Waals surface area contributed by atoms with Crippen LogP contribution in [0.5, 0.6) is 5.75 Å². The molecule has 5 heteroatoms. The van der Waals surface area contributed by atoms with Crippen LogP contribution in [-0.2, 0) is 4.79 Å². The summed E-state index contributed by atoms with van der Waals surface area (Å²) in [5, 5.41) is 8.80. The Labute approximate surface area is 177 Å². The van der Waals surface area contributed by atoms with Crippen LogP contribution in [0.2, 0.25) is 0 Å². The quantitative estimate of drug-likeness (QED) is 0.424. The normalized spacial score (nSPS) is 33.9. The summed E-state index contributed by atoms with van der Waals surface area (Å²) in [6, 6.07) is 3.35. The van der Waals surface area contributed by atoms with Crippen LogP contribution < -0.4 is 4.74 Å². The van der Waals surface area contributed by atoms with Gasteiger partial charge in [-0.05, 0) is 68.1 Å². The van der Waals surface area contributed by atoms with E-state index in [9.17, 15) is 13.6 Å². The standard InChI is InChI=1S/C25H31F2NO2/c1-15-5-7-16(8-6-15)17-9-10-20-18(11-17)3-2-4-21(20)25(29)30-19-12-23(26)22(14-28)24(27)13-19/h12-13,15-18,20-21H,2-11H2,1H3. The summed E-state index contributed by atoms with van der Waals surface area (Å²) in [7, 11) is 0. The third kappa shape index (κ3) is 4.38. The summed E-state index contributed by atoms with van der Waals surface area (Å²) in [4.78, 5) is 12.9. The highest BCUT2D eigenvalue weighted by molar-refractivity contribution is 5.75. The van der Waals surface area contributed by atoms with Crippen molar-refractivity contribution in [2.75, 3.05) is 0 Å². The monoisotopic (exact) mass is 415 g/mol. The first-order valence-corrected chi connectivity index (χ1v) is 11.6. The van der Waals surface area contributed by atoms with E-state index in [0.29, 0.717) is 11.8 Å². The Bertz CT molecular complexity index is 802. The van der Waals surface area contributed by atoms with Crippen molar-refractivity contribution in [3.8, 4) is 11.8 Å². The zero-order valence-electron chi connectivity index (χ0n) is 17.7. The van der Waals surface area contributed by atoms with Crippen molar-refractivity contribution in [1.29, 1.82) is 5.26 Å². The molecule has 0 aliphatic heterocycles. The topological polar surface area (TPSA) is 50.1 Å². The largest absolute Gasteiger partial charge is 0.426 e. The lowest BCUT2D eigenvalue weighted by molar-refractivity contribution is -0.144. The van der Waals surface area contributed by atoms with Gasteiger partial charge in [0.2, 0.25) is 0 Å². The Morgan fingerprint density at radius 1 is 0.967 bits per heavy atom. The maximum absolute atomic E-state index is 13.9. The molecular formula is C25H31F2NO2. The highest BCUT2D eigenvalue weighted by Crippen LogP contribution is 2.50. The van der Waals surface area contributed by atoms with Crippen molar-refractivity contribution in [1.82, 2.24) is 0 Å². The van der Waals surface area contributed by atoms with Gasteiger partial charge in [-0.1, -0.05) is 32.6 Å². The van der Waals surface area contributed by atoms with E-state index in [1.54, 1.807) is 0 Å². The number of hydrogen-bond acceptors (Lipinski definition) is 3. The minimum absolute atomic E-state index is 0.152. The molecule has 162 valence electrons. The first-order valence-electron chi connectivity index (χ1n) is 11.6. The van der Waals surface area contributed by atoms with Gasteiger partial charge in [0.25, 0.3) is 0 Å². The van der Waals surface area contributed by atoms with Gasteiger partial charge in [-0.3, -0.25) is 4.79 Å². The molecule has 0 bridgehead atoms. The van der Waals surface area contributed by atoms with Crippen molar-refractivity contribution in [3.05, 3.63) is 29.3 Å². The van der Waals surface area contributed by atoms with Crippen molar-refractivity contribution >= 4 is 5.97 Å². The average Bonchev–Trinajstić information content (AvgIpc) is 2.73. The third-order valence-corrected chi connectivity index (χ3v) is 8.06. The molecule has 4 unspecified atom stereocenters. The fourth-order valence-corrected chi connectivity index (χ4v) is 6.38. The van der Waals surface area contributed by atoms with Gasteiger partial charge < -0.3 is 4.74 Å². The number of rotatable bonds is 3. The minimum atomic E-state index is -0.996. The first-order chi connectivity index (χ1) is 14.5. The van der Waals surface area contributed by atoms with Crippen molar-refractivity contribution in [3.63, 3.8) is 0 Å². The Morgan fingerprint density at radius 2 is 1.63 bits per heavy atom. The predicted octanol–water partition coefficient (Wildman–Crippen LogP) is 6.40. The van der Waals surface area contributed by atoms with E-state index in [1.165, 1.54) is 51.0 Å². The van der Waals surface area contributed by atoms with E-state index in [0.717, 1.165) is 49.1 Å². The van der Waals surface area contributed by atoms with Gasteiger partial charge in [0.05, 0.1) is 5.92 Å². The number of ether oxygens (including phenoxy) is 1. The number of nitrogens with zero attached hydrogens (tertiary/aromatic N) is 1. The summed E-state index contributed by atoms with van der Waals surface area (Å²) in [5.41, 5.74) is -0.650. The molecule has 0 amide bonds. The molecule has 0 aromatic heterocycles. The van der Waals surface area contributed by atoms with Gasteiger partial charge in [0.1, 0.15) is 29.0 Å². The number of esters is 1. The summed E-state index contributed by atoms with van der Waals surface area (Å²) >= 11 is 0. The molecule has 4 rings (SSSR count). The van der Waals surface area contributed by atoms with Gasteiger partial charge in [-0.15, -0.1) is 0 Å². The fourth-order valence-electron chi connectivity index (χ4n) is 6.38. The number of fused-ring (bicyclic) bond motifs is 1. The highest BCUT2D eigenvalue weighted by atomic mass is 19.1. The minimum Gasteiger partial charge on any atom is -0.426 e. The van der Waals surface area contributed by atoms with Crippen LogP contribution in [0.4, 0.5) is 8.78 Å². The molecule has 1 aromatic rings. The Hall–Kier alpha value is -1.96. The number of carbonyl (C=O) groups is 1. The Morgan fingerprint density at radius 3 is 2.30 bits per heavy atom. The van der Waals surface area contributed by atoms with E-state index in [1.807, 2.05) is 0 Å². The molecule has 0 saturated heterocycles. The molecule has 3 saturated carbocycles. The maximum Gasteiger partial charge on any atom is 0.314 e. The predicted molar refractivity (Wildman–Crippen MR) is 109 cm³/mol. The van der Waals surface area contributed by atoms with Crippen LogP contribution in [0.25, 0.3) is 0 Å². The molecule has 3 nitrogen and oxygen atoms in total. The van der Waals surface area contributed by atoms with E-state index in [4.69, 9.17) is 10.00 Å². The van der Waals surface area contributed by atoms with Gasteiger partial charge in [0, 0.05) is 12.1 Å². The van der Waals surface area contributed by atoms with Crippen LogP contribution in [-0.4, -0.2) is 5.97 Å². The summed E-state index contributed by atoms with van der Waals surface area (Å²) in [6.07, 6.45) is 11.8. The Balaban J connectivity index is 1.40. The highest BCUT2D eigenvalue weighted by Gasteiger charge is 2.43. The average molecular weight is 416 g/mol. The van der Waals surface area contributed by atoms with E-state index in [-0.39, 0.29) is 17.6 Å². The second-order valence-electron chi connectivity index (χ2n) is 9.85. The number of halogens is 2. The zero-order valence-corrected chi connectivity index (χ0v) is 17.7. The molecular weight excluding hydrogens is 384 g/mol.